The fourth-order valence-electron chi connectivity index (χ4n) is 2.04. The Morgan fingerprint density at radius 3 is 2.68 bits per heavy atom. The largest absolute Gasteiger partial charge is 0.480 e. The van der Waals surface area contributed by atoms with Crippen molar-refractivity contribution in [2.45, 2.75) is 23.5 Å². The molecular formula is C11H12ClNO5S. The van der Waals surface area contributed by atoms with Crippen molar-refractivity contribution in [2.75, 3.05) is 6.54 Å². The summed E-state index contributed by atoms with van der Waals surface area (Å²) in [5.41, 5.74) is 0. The van der Waals surface area contributed by atoms with E-state index in [4.69, 9.17) is 16.7 Å². The van der Waals surface area contributed by atoms with E-state index in [1.165, 1.54) is 24.3 Å². The molecular weight excluding hydrogens is 294 g/mol. The van der Waals surface area contributed by atoms with Gasteiger partial charge in [0.05, 0.1) is 11.0 Å². The predicted molar refractivity (Wildman–Crippen MR) is 67.4 cm³/mol. The summed E-state index contributed by atoms with van der Waals surface area (Å²) in [7, 11) is -3.98. The Bertz CT molecular complexity index is 603. The molecule has 0 radical (unpaired) electrons. The summed E-state index contributed by atoms with van der Waals surface area (Å²) in [5.74, 6) is -1.28. The van der Waals surface area contributed by atoms with Crippen molar-refractivity contribution in [1.29, 1.82) is 0 Å². The van der Waals surface area contributed by atoms with Gasteiger partial charge in [-0.25, -0.2) is 8.42 Å². The van der Waals surface area contributed by atoms with Crippen LogP contribution in [-0.4, -0.2) is 47.6 Å². The highest BCUT2D eigenvalue weighted by Crippen LogP contribution is 2.27. The Hall–Kier alpha value is -1.15. The second kappa shape index (κ2) is 5.09. The molecule has 1 aliphatic heterocycles. The molecule has 1 aliphatic rings. The molecule has 0 aliphatic carbocycles. The van der Waals surface area contributed by atoms with Gasteiger partial charge in [0.25, 0.3) is 0 Å². The predicted octanol–water partition coefficient (Wildman–Crippen LogP) is 0.549. The third-order valence-corrected chi connectivity index (χ3v) is 5.03. The van der Waals surface area contributed by atoms with Gasteiger partial charge in [-0.3, -0.25) is 4.79 Å². The van der Waals surface area contributed by atoms with E-state index >= 15 is 0 Å². The zero-order valence-electron chi connectivity index (χ0n) is 9.73. The number of aliphatic hydroxyl groups excluding tert-OH is 1. The summed E-state index contributed by atoms with van der Waals surface area (Å²) < 4.78 is 25.5. The van der Waals surface area contributed by atoms with Gasteiger partial charge in [-0.1, -0.05) is 17.7 Å². The van der Waals surface area contributed by atoms with Gasteiger partial charge in [-0.05, 0) is 18.2 Å². The normalized spacial score (nSPS) is 24.5. The van der Waals surface area contributed by atoms with Crippen LogP contribution in [0, 0.1) is 0 Å². The van der Waals surface area contributed by atoms with Crippen molar-refractivity contribution in [3.8, 4) is 0 Å². The number of benzene rings is 1. The molecule has 1 saturated heterocycles. The van der Waals surface area contributed by atoms with Gasteiger partial charge >= 0.3 is 5.97 Å². The zero-order chi connectivity index (χ0) is 14.2. The molecule has 19 heavy (non-hydrogen) atoms. The highest BCUT2D eigenvalue weighted by atomic mass is 35.5. The molecule has 0 aromatic heterocycles. The number of carboxylic acid groups (broad SMARTS) is 1. The van der Waals surface area contributed by atoms with Gasteiger partial charge in [0, 0.05) is 18.0 Å². The smallest absolute Gasteiger partial charge is 0.322 e. The summed E-state index contributed by atoms with van der Waals surface area (Å²) in [5, 5.41) is 18.8. The Morgan fingerprint density at radius 1 is 1.42 bits per heavy atom. The molecule has 1 fully saturated rings. The van der Waals surface area contributed by atoms with Crippen LogP contribution in [0.15, 0.2) is 29.2 Å². The second-order valence-electron chi connectivity index (χ2n) is 4.28. The minimum absolute atomic E-state index is 0.0830. The van der Waals surface area contributed by atoms with Crippen LogP contribution in [0.3, 0.4) is 0 Å². The minimum atomic E-state index is -3.98. The SMILES string of the molecule is O=C(O)C1CC(O)CN1S(=O)(=O)c1cccc(Cl)c1. The maximum absolute atomic E-state index is 12.3. The first-order chi connectivity index (χ1) is 8.82. The van der Waals surface area contributed by atoms with Crippen LogP contribution >= 0.6 is 11.6 Å². The number of carboxylic acids is 1. The summed E-state index contributed by atoms with van der Waals surface area (Å²) >= 11 is 5.74. The molecule has 1 heterocycles. The number of hydrogen-bond donors (Lipinski definition) is 2. The third-order valence-electron chi connectivity index (χ3n) is 2.92. The Labute approximate surface area is 115 Å². The van der Waals surface area contributed by atoms with E-state index in [1.54, 1.807) is 0 Å². The summed E-state index contributed by atoms with van der Waals surface area (Å²) in [4.78, 5) is 11.0. The van der Waals surface area contributed by atoms with Crippen LogP contribution in [0.25, 0.3) is 0 Å². The highest BCUT2D eigenvalue weighted by molar-refractivity contribution is 7.89. The van der Waals surface area contributed by atoms with E-state index in [0.29, 0.717) is 0 Å². The molecule has 2 N–H and O–H groups in total. The molecule has 0 amide bonds. The molecule has 0 spiro atoms. The maximum Gasteiger partial charge on any atom is 0.322 e. The molecule has 1 aromatic carbocycles. The average molecular weight is 306 g/mol. The van der Waals surface area contributed by atoms with E-state index in [1.807, 2.05) is 0 Å². The van der Waals surface area contributed by atoms with E-state index < -0.39 is 28.1 Å². The van der Waals surface area contributed by atoms with Crippen LogP contribution in [0.1, 0.15) is 6.42 Å². The van der Waals surface area contributed by atoms with Crippen LogP contribution in [0.4, 0.5) is 0 Å². The van der Waals surface area contributed by atoms with Gasteiger partial charge in [-0.2, -0.15) is 4.31 Å². The monoisotopic (exact) mass is 305 g/mol. The van der Waals surface area contributed by atoms with Crippen LogP contribution in [0.2, 0.25) is 5.02 Å². The van der Waals surface area contributed by atoms with Crippen molar-refractivity contribution in [3.05, 3.63) is 29.3 Å². The Morgan fingerprint density at radius 2 is 2.11 bits per heavy atom. The van der Waals surface area contributed by atoms with E-state index in [0.717, 1.165) is 4.31 Å². The molecule has 1 aromatic rings. The lowest BCUT2D eigenvalue weighted by molar-refractivity contribution is -0.140. The lowest BCUT2D eigenvalue weighted by Gasteiger charge is -2.20. The topological polar surface area (TPSA) is 94.9 Å². The maximum atomic E-state index is 12.3. The van der Waals surface area contributed by atoms with Gasteiger partial charge in [0.1, 0.15) is 6.04 Å². The molecule has 0 bridgehead atoms. The fraction of sp³-hybridized carbons (Fsp3) is 0.364. The standard InChI is InChI=1S/C11H12ClNO5S/c12-7-2-1-3-9(4-7)19(17,18)13-6-8(14)5-10(13)11(15)16/h1-4,8,10,14H,5-6H2,(H,15,16). The number of hydrogen-bond acceptors (Lipinski definition) is 4. The van der Waals surface area contributed by atoms with Gasteiger partial charge in [0.15, 0.2) is 0 Å². The first kappa shape index (κ1) is 14.3. The Balaban J connectivity index is 2.41. The number of carbonyl (C=O) groups is 1. The summed E-state index contributed by atoms with van der Waals surface area (Å²) in [6.07, 6.45) is -1.09. The Kier molecular flexibility index (Phi) is 3.82. The number of sulfonamides is 1. The highest BCUT2D eigenvalue weighted by Gasteiger charge is 2.43. The van der Waals surface area contributed by atoms with E-state index in [2.05, 4.69) is 0 Å². The quantitative estimate of drug-likeness (QED) is 0.850. The number of nitrogens with zero attached hydrogens (tertiary/aromatic N) is 1. The van der Waals surface area contributed by atoms with E-state index in [9.17, 15) is 18.3 Å². The molecule has 104 valence electrons. The fourth-order valence-corrected chi connectivity index (χ4v) is 3.97. The average Bonchev–Trinajstić information content (AvgIpc) is 2.72. The number of aliphatic carboxylic acids is 1. The number of β-amino-alcohol motifs (C(OH)–C–C–N with tert-alkyl or cyclic N) is 1. The van der Waals surface area contributed by atoms with Crippen molar-refractivity contribution in [3.63, 3.8) is 0 Å². The van der Waals surface area contributed by atoms with Crippen molar-refractivity contribution in [1.82, 2.24) is 4.31 Å². The summed E-state index contributed by atoms with van der Waals surface area (Å²) in [6, 6.07) is 4.33. The summed E-state index contributed by atoms with van der Waals surface area (Å²) in [6.45, 7) is -0.230. The first-order valence-corrected chi connectivity index (χ1v) is 7.32. The molecule has 2 atom stereocenters. The van der Waals surface area contributed by atoms with Crippen molar-refractivity contribution in [2.24, 2.45) is 0 Å². The van der Waals surface area contributed by atoms with Gasteiger partial charge in [-0.15, -0.1) is 0 Å². The van der Waals surface area contributed by atoms with Gasteiger partial charge in [0.2, 0.25) is 10.0 Å². The zero-order valence-corrected chi connectivity index (χ0v) is 11.3. The lowest BCUT2D eigenvalue weighted by atomic mass is 10.2. The van der Waals surface area contributed by atoms with Crippen LogP contribution < -0.4 is 0 Å². The third kappa shape index (κ3) is 2.74. The number of aliphatic hydroxyl groups is 1. The number of halogens is 1. The van der Waals surface area contributed by atoms with Crippen molar-refractivity contribution >= 4 is 27.6 Å². The first-order valence-electron chi connectivity index (χ1n) is 5.50. The van der Waals surface area contributed by atoms with Crippen LogP contribution in [0.5, 0.6) is 0 Å². The second-order valence-corrected chi connectivity index (χ2v) is 6.60. The van der Waals surface area contributed by atoms with Crippen LogP contribution in [-0.2, 0) is 14.8 Å². The molecule has 0 saturated carbocycles. The molecule has 2 rings (SSSR count). The van der Waals surface area contributed by atoms with E-state index in [-0.39, 0.29) is 22.9 Å². The lowest BCUT2D eigenvalue weighted by Crippen LogP contribution is -2.40. The number of rotatable bonds is 3. The minimum Gasteiger partial charge on any atom is -0.480 e. The van der Waals surface area contributed by atoms with Gasteiger partial charge < -0.3 is 10.2 Å². The molecule has 6 nitrogen and oxygen atoms in total. The molecule has 8 heteroatoms. The van der Waals surface area contributed by atoms with Crippen molar-refractivity contribution < 1.29 is 23.4 Å². The molecule has 2 unspecified atom stereocenters.